The zero-order valence-electron chi connectivity index (χ0n) is 11.3. The summed E-state index contributed by atoms with van der Waals surface area (Å²) in [7, 11) is 1.99. The van der Waals surface area contributed by atoms with Crippen molar-refractivity contribution >= 4 is 11.0 Å². The summed E-state index contributed by atoms with van der Waals surface area (Å²) in [5, 5.41) is 0. The van der Waals surface area contributed by atoms with Crippen molar-refractivity contribution in [3.63, 3.8) is 0 Å². The van der Waals surface area contributed by atoms with Gasteiger partial charge < -0.3 is 10.3 Å². The Morgan fingerprint density at radius 1 is 1.32 bits per heavy atom. The summed E-state index contributed by atoms with van der Waals surface area (Å²) in [5.41, 5.74) is 7.11. The molecule has 4 heteroatoms. The summed E-state index contributed by atoms with van der Waals surface area (Å²) in [6.45, 7) is 0.782. The van der Waals surface area contributed by atoms with E-state index in [0.717, 1.165) is 43.6 Å². The zero-order chi connectivity index (χ0) is 13.4. The fraction of sp³-hybridized carbons (Fsp3) is 0.533. The molecule has 1 saturated carbocycles. The minimum Gasteiger partial charge on any atom is -0.331 e. The number of aromatic nitrogens is 2. The Hall–Kier alpha value is -1.42. The minimum absolute atomic E-state index is 0.227. The van der Waals surface area contributed by atoms with Crippen LogP contribution in [0, 0.1) is 11.7 Å². The van der Waals surface area contributed by atoms with Gasteiger partial charge in [0.2, 0.25) is 0 Å². The van der Waals surface area contributed by atoms with Crippen LogP contribution in [0.15, 0.2) is 18.2 Å². The van der Waals surface area contributed by atoms with Crippen LogP contribution in [-0.2, 0) is 7.05 Å². The van der Waals surface area contributed by atoms with Crippen molar-refractivity contribution in [1.29, 1.82) is 0 Å². The lowest BCUT2D eigenvalue weighted by Crippen LogP contribution is -2.21. The number of aryl methyl sites for hydroxylation is 1. The Balaban J connectivity index is 1.93. The van der Waals surface area contributed by atoms with E-state index >= 15 is 0 Å². The van der Waals surface area contributed by atoms with Gasteiger partial charge >= 0.3 is 0 Å². The predicted molar refractivity (Wildman–Crippen MR) is 74.4 cm³/mol. The molecule has 0 bridgehead atoms. The van der Waals surface area contributed by atoms with Gasteiger partial charge in [-0.15, -0.1) is 0 Å². The third-order valence-electron chi connectivity index (χ3n) is 4.44. The van der Waals surface area contributed by atoms with Gasteiger partial charge in [0, 0.05) is 13.0 Å². The lowest BCUT2D eigenvalue weighted by Gasteiger charge is -2.27. The molecular formula is C15H20FN3. The highest BCUT2D eigenvalue weighted by Crippen LogP contribution is 2.36. The van der Waals surface area contributed by atoms with E-state index in [1.54, 1.807) is 6.07 Å². The molecule has 3 rings (SSSR count). The van der Waals surface area contributed by atoms with E-state index in [1.807, 2.05) is 17.7 Å². The van der Waals surface area contributed by atoms with Crippen molar-refractivity contribution in [2.75, 3.05) is 6.54 Å². The van der Waals surface area contributed by atoms with E-state index in [0.29, 0.717) is 17.4 Å². The smallest absolute Gasteiger partial charge is 0.151 e. The van der Waals surface area contributed by atoms with Crippen molar-refractivity contribution in [2.45, 2.75) is 31.6 Å². The summed E-state index contributed by atoms with van der Waals surface area (Å²) < 4.78 is 15.8. The van der Waals surface area contributed by atoms with Crippen LogP contribution >= 0.6 is 0 Å². The number of hydrogen-bond acceptors (Lipinski definition) is 2. The second-order valence-electron chi connectivity index (χ2n) is 5.59. The molecule has 0 saturated heterocycles. The predicted octanol–water partition coefficient (Wildman–Crippen LogP) is 2.94. The Morgan fingerprint density at radius 2 is 2.05 bits per heavy atom. The highest BCUT2D eigenvalue weighted by Gasteiger charge is 2.25. The molecule has 0 atom stereocenters. The van der Waals surface area contributed by atoms with E-state index in [2.05, 4.69) is 4.98 Å². The van der Waals surface area contributed by atoms with Crippen molar-refractivity contribution in [1.82, 2.24) is 9.55 Å². The summed E-state index contributed by atoms with van der Waals surface area (Å²) in [6, 6.07) is 5.15. The van der Waals surface area contributed by atoms with Crippen LogP contribution in [0.25, 0.3) is 11.0 Å². The monoisotopic (exact) mass is 261 g/mol. The third-order valence-corrected chi connectivity index (χ3v) is 4.44. The Morgan fingerprint density at radius 3 is 2.68 bits per heavy atom. The quantitative estimate of drug-likeness (QED) is 0.903. The summed E-state index contributed by atoms with van der Waals surface area (Å²) in [5.74, 6) is 1.90. The number of fused-ring (bicyclic) bond motifs is 1. The van der Waals surface area contributed by atoms with E-state index in [1.165, 1.54) is 6.07 Å². The lowest BCUT2D eigenvalue weighted by atomic mass is 9.81. The van der Waals surface area contributed by atoms with Gasteiger partial charge in [-0.05, 0) is 50.3 Å². The second kappa shape index (κ2) is 4.93. The van der Waals surface area contributed by atoms with Gasteiger partial charge in [0.1, 0.15) is 11.3 Å². The fourth-order valence-corrected chi connectivity index (χ4v) is 3.22. The van der Waals surface area contributed by atoms with Gasteiger partial charge in [0.15, 0.2) is 5.82 Å². The number of nitrogens with two attached hydrogens (primary N) is 1. The average Bonchev–Trinajstić information content (AvgIpc) is 2.78. The number of benzene rings is 1. The van der Waals surface area contributed by atoms with Crippen LogP contribution in [-0.4, -0.2) is 16.1 Å². The van der Waals surface area contributed by atoms with Gasteiger partial charge in [-0.25, -0.2) is 9.37 Å². The molecule has 1 aliphatic carbocycles. The highest BCUT2D eigenvalue weighted by atomic mass is 19.1. The maximum atomic E-state index is 13.8. The number of halogens is 1. The minimum atomic E-state index is -0.227. The molecule has 1 aliphatic rings. The van der Waals surface area contributed by atoms with Crippen LogP contribution in [0.3, 0.4) is 0 Å². The molecule has 19 heavy (non-hydrogen) atoms. The largest absolute Gasteiger partial charge is 0.331 e. The van der Waals surface area contributed by atoms with Crippen LogP contribution in [0.5, 0.6) is 0 Å². The maximum absolute atomic E-state index is 13.8. The first kappa shape index (κ1) is 12.6. The van der Waals surface area contributed by atoms with Gasteiger partial charge in [-0.3, -0.25) is 0 Å². The molecule has 1 fully saturated rings. The number of hydrogen-bond donors (Lipinski definition) is 1. The first-order valence-corrected chi connectivity index (χ1v) is 7.01. The van der Waals surface area contributed by atoms with E-state index in [9.17, 15) is 4.39 Å². The summed E-state index contributed by atoms with van der Waals surface area (Å²) >= 11 is 0. The zero-order valence-corrected chi connectivity index (χ0v) is 11.3. The molecule has 0 radical (unpaired) electrons. The number of nitrogens with zero attached hydrogens (tertiary/aromatic N) is 2. The Bertz CT molecular complexity index is 582. The van der Waals surface area contributed by atoms with E-state index in [4.69, 9.17) is 5.73 Å². The van der Waals surface area contributed by atoms with Crippen molar-refractivity contribution < 1.29 is 4.39 Å². The van der Waals surface area contributed by atoms with Crippen LogP contribution < -0.4 is 5.73 Å². The normalized spacial score (nSPS) is 23.9. The molecule has 1 heterocycles. The molecule has 2 aromatic rings. The standard InChI is InChI=1S/C15H20FN3/c1-19-13-4-2-3-12(16)14(13)18-15(19)11-7-5-10(9-17)6-8-11/h2-4,10-11H,5-9,17H2,1H3. The second-order valence-corrected chi connectivity index (χ2v) is 5.59. The highest BCUT2D eigenvalue weighted by molar-refractivity contribution is 5.76. The summed E-state index contributed by atoms with van der Waals surface area (Å²) in [4.78, 5) is 4.54. The SMILES string of the molecule is Cn1c(C2CCC(CN)CC2)nc2c(F)cccc21. The molecule has 0 aliphatic heterocycles. The van der Waals surface area contributed by atoms with Crippen LogP contribution in [0.2, 0.25) is 0 Å². The van der Waals surface area contributed by atoms with Crippen molar-refractivity contribution in [2.24, 2.45) is 18.7 Å². The lowest BCUT2D eigenvalue weighted by molar-refractivity contribution is 0.323. The van der Waals surface area contributed by atoms with Gasteiger partial charge in [-0.2, -0.15) is 0 Å². The van der Waals surface area contributed by atoms with Crippen LogP contribution in [0.1, 0.15) is 37.4 Å². The van der Waals surface area contributed by atoms with E-state index in [-0.39, 0.29) is 5.82 Å². The molecule has 0 unspecified atom stereocenters. The first-order chi connectivity index (χ1) is 9.20. The van der Waals surface area contributed by atoms with Gasteiger partial charge in [0.05, 0.1) is 5.52 Å². The molecule has 3 nitrogen and oxygen atoms in total. The first-order valence-electron chi connectivity index (χ1n) is 7.01. The Kier molecular flexibility index (Phi) is 3.27. The molecule has 2 N–H and O–H groups in total. The van der Waals surface area contributed by atoms with Crippen molar-refractivity contribution in [3.05, 3.63) is 29.8 Å². The number of rotatable bonds is 2. The topological polar surface area (TPSA) is 43.8 Å². The molecule has 1 aromatic carbocycles. The third kappa shape index (κ3) is 2.14. The molecule has 0 amide bonds. The number of imidazole rings is 1. The average molecular weight is 261 g/mol. The molecular weight excluding hydrogens is 241 g/mol. The molecule has 0 spiro atoms. The summed E-state index contributed by atoms with van der Waals surface area (Å²) in [6.07, 6.45) is 4.54. The Labute approximate surface area is 112 Å². The van der Waals surface area contributed by atoms with E-state index < -0.39 is 0 Å². The number of para-hydroxylation sites is 1. The fourth-order valence-electron chi connectivity index (χ4n) is 3.22. The van der Waals surface area contributed by atoms with Gasteiger partial charge in [0.25, 0.3) is 0 Å². The maximum Gasteiger partial charge on any atom is 0.151 e. The van der Waals surface area contributed by atoms with Crippen LogP contribution in [0.4, 0.5) is 4.39 Å². The van der Waals surface area contributed by atoms with Gasteiger partial charge in [-0.1, -0.05) is 6.07 Å². The molecule has 1 aromatic heterocycles. The van der Waals surface area contributed by atoms with Crippen molar-refractivity contribution in [3.8, 4) is 0 Å². The molecule has 102 valence electrons.